The van der Waals surface area contributed by atoms with Crippen LogP contribution in [0.4, 0.5) is 4.39 Å². The summed E-state index contributed by atoms with van der Waals surface area (Å²) in [4.78, 5) is 11.3. The van der Waals surface area contributed by atoms with Gasteiger partial charge in [-0.2, -0.15) is 0 Å². The molecule has 1 unspecified atom stereocenters. The zero-order chi connectivity index (χ0) is 18.8. The Morgan fingerprint density at radius 3 is 2.12 bits per heavy atom. The number of hydrogen-bond donors (Lipinski definition) is 1. The maximum absolute atomic E-state index is 13.6. The second-order valence-electron chi connectivity index (χ2n) is 6.83. The van der Waals surface area contributed by atoms with Crippen molar-refractivity contribution in [2.24, 2.45) is 5.84 Å². The van der Waals surface area contributed by atoms with Gasteiger partial charge in [-0.1, -0.05) is 69.8 Å². The molecule has 0 fully saturated rings. The third kappa shape index (κ3) is 17.5. The molecule has 0 aromatic heterocycles. The number of unbranched alkanes of at least 4 members (excludes halogenated alkanes) is 8. The molecule has 0 aromatic carbocycles. The number of hydrazine groups is 1. The summed E-state index contributed by atoms with van der Waals surface area (Å²) >= 11 is 0. The van der Waals surface area contributed by atoms with Crippen LogP contribution in [0.2, 0.25) is 0 Å². The third-order valence-electron chi connectivity index (χ3n) is 4.26. The Bertz CT molecular complexity index is 367. The van der Waals surface area contributed by atoms with E-state index in [-0.39, 0.29) is 12.3 Å². The Morgan fingerprint density at radius 1 is 0.960 bits per heavy atom. The lowest BCUT2D eigenvalue weighted by molar-refractivity contribution is -0.131. The summed E-state index contributed by atoms with van der Waals surface area (Å²) in [5, 5.41) is 0.961. The standard InChI is InChI=1S/C21H39FN2O/c1-3-4-5-6-7-8-9-10-11-12-13-14-15-16-17-18-20(22)19-21(25)24(2)23/h7-8,10-11,20H,3-6,9,12-19,23H2,1-2H3. The molecule has 0 aromatic rings. The molecule has 3 nitrogen and oxygen atoms in total. The van der Waals surface area contributed by atoms with Crippen molar-refractivity contribution in [1.29, 1.82) is 0 Å². The Morgan fingerprint density at radius 2 is 1.52 bits per heavy atom. The molecule has 0 saturated heterocycles. The van der Waals surface area contributed by atoms with Crippen molar-refractivity contribution in [2.45, 2.75) is 96.6 Å². The average Bonchev–Trinajstić information content (AvgIpc) is 2.58. The third-order valence-corrected chi connectivity index (χ3v) is 4.26. The van der Waals surface area contributed by atoms with Gasteiger partial charge in [0.05, 0.1) is 6.42 Å². The number of carbonyl (C=O) groups is 1. The fourth-order valence-corrected chi connectivity index (χ4v) is 2.61. The molecule has 0 aliphatic heterocycles. The number of hydrogen-bond acceptors (Lipinski definition) is 2. The maximum atomic E-state index is 13.6. The highest BCUT2D eigenvalue weighted by atomic mass is 19.1. The number of carbonyl (C=O) groups excluding carboxylic acids is 1. The summed E-state index contributed by atoms with van der Waals surface area (Å²) in [6.45, 7) is 2.23. The quantitative estimate of drug-likeness (QED) is 0.124. The van der Waals surface area contributed by atoms with Crippen molar-refractivity contribution in [3.63, 3.8) is 0 Å². The van der Waals surface area contributed by atoms with Gasteiger partial charge in [0.1, 0.15) is 6.17 Å². The molecule has 0 bridgehead atoms. The van der Waals surface area contributed by atoms with E-state index in [2.05, 4.69) is 31.2 Å². The van der Waals surface area contributed by atoms with Crippen molar-refractivity contribution in [3.05, 3.63) is 24.3 Å². The van der Waals surface area contributed by atoms with E-state index < -0.39 is 6.17 Å². The van der Waals surface area contributed by atoms with Crippen LogP contribution >= 0.6 is 0 Å². The van der Waals surface area contributed by atoms with Crippen molar-refractivity contribution in [2.75, 3.05) is 7.05 Å². The van der Waals surface area contributed by atoms with Gasteiger partial charge in [-0.05, 0) is 38.5 Å². The molecule has 0 spiro atoms. The minimum absolute atomic E-state index is 0.0924. The fraction of sp³-hybridized carbons (Fsp3) is 0.762. The zero-order valence-corrected chi connectivity index (χ0v) is 16.4. The first-order valence-electron chi connectivity index (χ1n) is 10.0. The van der Waals surface area contributed by atoms with Crippen LogP contribution in [0.1, 0.15) is 90.4 Å². The normalized spacial score (nSPS) is 13.0. The molecule has 0 heterocycles. The molecule has 146 valence electrons. The minimum atomic E-state index is -1.06. The number of alkyl halides is 1. The Labute approximate surface area is 154 Å². The lowest BCUT2D eigenvalue weighted by Crippen LogP contribution is -2.34. The molecule has 25 heavy (non-hydrogen) atoms. The van der Waals surface area contributed by atoms with Crippen LogP contribution in [0.5, 0.6) is 0 Å². The van der Waals surface area contributed by atoms with Gasteiger partial charge in [0.15, 0.2) is 0 Å². The summed E-state index contributed by atoms with van der Waals surface area (Å²) < 4.78 is 13.6. The van der Waals surface area contributed by atoms with Crippen LogP contribution in [-0.2, 0) is 4.79 Å². The minimum Gasteiger partial charge on any atom is -0.284 e. The Kier molecular flexibility index (Phi) is 16.8. The molecule has 0 aliphatic rings. The van der Waals surface area contributed by atoms with E-state index in [0.717, 1.165) is 37.1 Å². The van der Waals surface area contributed by atoms with Gasteiger partial charge in [-0.3, -0.25) is 9.80 Å². The maximum Gasteiger partial charge on any atom is 0.239 e. The van der Waals surface area contributed by atoms with Crippen LogP contribution in [-0.4, -0.2) is 24.1 Å². The topological polar surface area (TPSA) is 46.3 Å². The van der Waals surface area contributed by atoms with Crippen LogP contribution in [0, 0.1) is 0 Å². The molecular weight excluding hydrogens is 315 g/mol. The second-order valence-corrected chi connectivity index (χ2v) is 6.83. The monoisotopic (exact) mass is 354 g/mol. The highest BCUT2D eigenvalue weighted by molar-refractivity contribution is 5.75. The Hall–Kier alpha value is -1.16. The Balaban J connectivity index is 3.35. The van der Waals surface area contributed by atoms with Crippen molar-refractivity contribution in [3.8, 4) is 0 Å². The van der Waals surface area contributed by atoms with E-state index in [0.29, 0.717) is 6.42 Å². The molecular formula is C21H39FN2O. The molecule has 1 atom stereocenters. The van der Waals surface area contributed by atoms with Gasteiger partial charge in [0.25, 0.3) is 0 Å². The highest BCUT2D eigenvalue weighted by Gasteiger charge is 2.13. The van der Waals surface area contributed by atoms with Gasteiger partial charge in [0.2, 0.25) is 5.91 Å². The number of rotatable bonds is 16. The number of nitrogens with zero attached hydrogens (tertiary/aromatic N) is 1. The number of amides is 1. The predicted molar refractivity (Wildman–Crippen MR) is 106 cm³/mol. The van der Waals surface area contributed by atoms with Gasteiger partial charge in [-0.15, -0.1) is 0 Å². The molecule has 1 amide bonds. The van der Waals surface area contributed by atoms with Gasteiger partial charge >= 0.3 is 0 Å². The van der Waals surface area contributed by atoms with Crippen molar-refractivity contribution < 1.29 is 9.18 Å². The van der Waals surface area contributed by atoms with E-state index in [1.807, 2.05) is 0 Å². The SMILES string of the molecule is CCCCCC=CCC=CCCCCCCCC(F)CC(=O)N(C)N. The number of nitrogens with two attached hydrogens (primary N) is 1. The first-order chi connectivity index (χ1) is 12.1. The smallest absolute Gasteiger partial charge is 0.239 e. The second kappa shape index (κ2) is 17.7. The van der Waals surface area contributed by atoms with E-state index >= 15 is 0 Å². The van der Waals surface area contributed by atoms with E-state index in [1.54, 1.807) is 0 Å². The average molecular weight is 355 g/mol. The summed E-state index contributed by atoms with van der Waals surface area (Å²) in [7, 11) is 1.45. The molecule has 2 N–H and O–H groups in total. The number of halogens is 1. The lowest BCUT2D eigenvalue weighted by Gasteiger charge is -2.12. The van der Waals surface area contributed by atoms with E-state index in [4.69, 9.17) is 5.84 Å². The largest absolute Gasteiger partial charge is 0.284 e. The molecule has 0 aliphatic carbocycles. The summed E-state index contributed by atoms with van der Waals surface area (Å²) in [6.07, 6.45) is 21.1. The van der Waals surface area contributed by atoms with Crippen molar-refractivity contribution >= 4 is 5.91 Å². The lowest BCUT2D eigenvalue weighted by atomic mass is 10.1. The molecule has 0 rings (SSSR count). The van der Waals surface area contributed by atoms with Gasteiger partial charge in [-0.25, -0.2) is 10.2 Å². The fourth-order valence-electron chi connectivity index (χ4n) is 2.61. The zero-order valence-electron chi connectivity index (χ0n) is 16.4. The predicted octanol–water partition coefficient (Wildman–Crippen LogP) is 5.86. The highest BCUT2D eigenvalue weighted by Crippen LogP contribution is 2.13. The van der Waals surface area contributed by atoms with Crippen LogP contribution in [0.25, 0.3) is 0 Å². The molecule has 0 radical (unpaired) electrons. The molecule has 4 heteroatoms. The van der Waals surface area contributed by atoms with Crippen LogP contribution in [0.3, 0.4) is 0 Å². The van der Waals surface area contributed by atoms with Crippen LogP contribution in [0.15, 0.2) is 24.3 Å². The summed E-state index contributed by atoms with van der Waals surface area (Å²) in [5.41, 5.74) is 0. The van der Waals surface area contributed by atoms with Gasteiger partial charge < -0.3 is 0 Å². The summed E-state index contributed by atoms with van der Waals surface area (Å²) in [5.74, 6) is 4.94. The summed E-state index contributed by atoms with van der Waals surface area (Å²) in [6, 6.07) is 0. The van der Waals surface area contributed by atoms with Gasteiger partial charge in [0, 0.05) is 7.05 Å². The number of allylic oxidation sites excluding steroid dienone is 4. The van der Waals surface area contributed by atoms with E-state index in [1.165, 1.54) is 45.6 Å². The van der Waals surface area contributed by atoms with Crippen LogP contribution < -0.4 is 5.84 Å². The molecule has 0 saturated carbocycles. The van der Waals surface area contributed by atoms with E-state index in [9.17, 15) is 9.18 Å². The first kappa shape index (κ1) is 23.8. The first-order valence-corrected chi connectivity index (χ1v) is 10.0. The van der Waals surface area contributed by atoms with Crippen molar-refractivity contribution in [1.82, 2.24) is 5.01 Å².